The third kappa shape index (κ3) is 5.33. The highest BCUT2D eigenvalue weighted by Gasteiger charge is 2.17. The zero-order valence-electron chi connectivity index (χ0n) is 12.3. The lowest BCUT2D eigenvalue weighted by atomic mass is 10.0. The van der Waals surface area contributed by atoms with Crippen LogP contribution in [0.5, 0.6) is 0 Å². The molecular weight excluding hydrogens is 232 g/mol. The van der Waals surface area contributed by atoms with Crippen LogP contribution in [-0.4, -0.2) is 37.1 Å². The minimum Gasteiger partial charge on any atom is -0.314 e. The van der Waals surface area contributed by atoms with Crippen molar-refractivity contribution >= 4 is 0 Å². The summed E-state index contributed by atoms with van der Waals surface area (Å²) in [4.78, 5) is 2.62. The maximum Gasteiger partial charge on any atom is 0.00914 e. The number of hydrogen-bond acceptors (Lipinski definition) is 2. The Morgan fingerprint density at radius 1 is 1.16 bits per heavy atom. The van der Waals surface area contributed by atoms with Gasteiger partial charge in [0, 0.05) is 12.6 Å². The van der Waals surface area contributed by atoms with Crippen LogP contribution in [0.1, 0.15) is 38.2 Å². The summed E-state index contributed by atoms with van der Waals surface area (Å²) in [5, 5.41) is 3.69. The highest BCUT2D eigenvalue weighted by molar-refractivity contribution is 5.14. The zero-order valence-corrected chi connectivity index (χ0v) is 12.3. The lowest BCUT2D eigenvalue weighted by Gasteiger charge is -2.32. The van der Waals surface area contributed by atoms with Crippen molar-refractivity contribution in [2.45, 2.75) is 45.1 Å². The van der Waals surface area contributed by atoms with Crippen LogP contribution >= 0.6 is 0 Å². The van der Waals surface area contributed by atoms with E-state index in [-0.39, 0.29) is 0 Å². The van der Waals surface area contributed by atoms with E-state index in [9.17, 15) is 0 Å². The molecule has 1 aromatic rings. The molecule has 0 spiro atoms. The molecule has 2 heteroatoms. The molecule has 0 unspecified atom stereocenters. The molecule has 0 saturated carbocycles. The van der Waals surface area contributed by atoms with Crippen LogP contribution in [0.4, 0.5) is 0 Å². The monoisotopic (exact) mass is 260 g/mol. The predicted octanol–water partition coefficient (Wildman–Crippen LogP) is 3.08. The maximum atomic E-state index is 3.69. The largest absolute Gasteiger partial charge is 0.314 e. The summed E-state index contributed by atoms with van der Waals surface area (Å²) in [7, 11) is 0. The van der Waals surface area contributed by atoms with Gasteiger partial charge in [-0.05, 0) is 50.9 Å². The molecule has 1 aliphatic heterocycles. The molecule has 1 aromatic carbocycles. The molecule has 0 bridgehead atoms. The van der Waals surface area contributed by atoms with E-state index in [4.69, 9.17) is 0 Å². The van der Waals surface area contributed by atoms with Gasteiger partial charge in [-0.25, -0.2) is 0 Å². The quantitative estimate of drug-likeness (QED) is 0.758. The van der Waals surface area contributed by atoms with Gasteiger partial charge in [0.15, 0.2) is 0 Å². The van der Waals surface area contributed by atoms with Gasteiger partial charge in [-0.3, -0.25) is 0 Å². The van der Waals surface area contributed by atoms with Gasteiger partial charge in [0.1, 0.15) is 0 Å². The van der Waals surface area contributed by atoms with Crippen LogP contribution in [-0.2, 0) is 6.42 Å². The van der Waals surface area contributed by atoms with Gasteiger partial charge >= 0.3 is 0 Å². The van der Waals surface area contributed by atoms with Gasteiger partial charge in [-0.15, -0.1) is 0 Å². The number of hydrogen-bond donors (Lipinski definition) is 1. The Kier molecular flexibility index (Phi) is 6.38. The van der Waals surface area contributed by atoms with Crippen LogP contribution < -0.4 is 5.32 Å². The fourth-order valence-electron chi connectivity index (χ4n) is 2.78. The van der Waals surface area contributed by atoms with E-state index < -0.39 is 0 Å². The fourth-order valence-corrected chi connectivity index (χ4v) is 2.78. The topological polar surface area (TPSA) is 15.3 Å². The van der Waals surface area contributed by atoms with Crippen molar-refractivity contribution in [1.29, 1.82) is 0 Å². The van der Waals surface area contributed by atoms with Gasteiger partial charge in [-0.1, -0.05) is 43.7 Å². The van der Waals surface area contributed by atoms with Gasteiger partial charge in [0.25, 0.3) is 0 Å². The lowest BCUT2D eigenvalue weighted by molar-refractivity contribution is 0.199. The second kappa shape index (κ2) is 8.34. The van der Waals surface area contributed by atoms with Crippen molar-refractivity contribution in [2.75, 3.05) is 26.2 Å². The maximum absolute atomic E-state index is 3.69. The van der Waals surface area contributed by atoms with Crippen LogP contribution in [0, 0.1) is 0 Å². The third-order valence-corrected chi connectivity index (χ3v) is 4.11. The van der Waals surface area contributed by atoms with E-state index in [1.807, 2.05) is 0 Å². The van der Waals surface area contributed by atoms with Crippen molar-refractivity contribution in [3.05, 3.63) is 35.9 Å². The predicted molar refractivity (Wildman–Crippen MR) is 82.5 cm³/mol. The molecule has 0 aromatic heterocycles. The summed E-state index contributed by atoms with van der Waals surface area (Å²) in [5.74, 6) is 0. The molecule has 0 atom stereocenters. The highest BCUT2D eigenvalue weighted by atomic mass is 15.1. The van der Waals surface area contributed by atoms with Crippen LogP contribution in [0.15, 0.2) is 30.3 Å². The van der Waals surface area contributed by atoms with Crippen molar-refractivity contribution in [1.82, 2.24) is 10.2 Å². The summed E-state index contributed by atoms with van der Waals surface area (Å²) in [6.45, 7) is 7.19. The summed E-state index contributed by atoms with van der Waals surface area (Å²) < 4.78 is 0. The van der Waals surface area contributed by atoms with Gasteiger partial charge in [-0.2, -0.15) is 0 Å². The third-order valence-electron chi connectivity index (χ3n) is 4.11. The van der Waals surface area contributed by atoms with Crippen molar-refractivity contribution < 1.29 is 0 Å². The number of piperidine rings is 1. The normalized spacial score (nSPS) is 17.7. The molecule has 1 N–H and O–H groups in total. The number of likely N-dealkylation sites (tertiary alicyclic amines) is 1. The smallest absolute Gasteiger partial charge is 0.00914 e. The first-order valence-electron chi connectivity index (χ1n) is 7.88. The first-order valence-corrected chi connectivity index (χ1v) is 7.88. The van der Waals surface area contributed by atoms with Crippen molar-refractivity contribution in [3.63, 3.8) is 0 Å². The van der Waals surface area contributed by atoms with E-state index in [2.05, 4.69) is 47.5 Å². The Bertz CT molecular complexity index is 328. The number of benzene rings is 1. The van der Waals surface area contributed by atoms with E-state index in [0.29, 0.717) is 0 Å². The molecule has 2 rings (SSSR count). The average molecular weight is 260 g/mol. The van der Waals surface area contributed by atoms with Gasteiger partial charge < -0.3 is 10.2 Å². The molecular formula is C17H28N2. The first-order chi connectivity index (χ1) is 9.38. The van der Waals surface area contributed by atoms with Gasteiger partial charge in [0.2, 0.25) is 0 Å². The number of unbranched alkanes of at least 4 members (excludes halogenated alkanes) is 1. The van der Waals surface area contributed by atoms with E-state index >= 15 is 0 Å². The Morgan fingerprint density at radius 3 is 2.58 bits per heavy atom. The van der Waals surface area contributed by atoms with E-state index in [1.165, 1.54) is 63.8 Å². The minimum absolute atomic E-state index is 0.763. The fraction of sp³-hybridized carbons (Fsp3) is 0.647. The molecule has 1 aliphatic rings. The molecule has 0 amide bonds. The summed E-state index contributed by atoms with van der Waals surface area (Å²) >= 11 is 0. The highest BCUT2D eigenvalue weighted by Crippen LogP contribution is 2.11. The van der Waals surface area contributed by atoms with Gasteiger partial charge in [0.05, 0.1) is 0 Å². The Morgan fingerprint density at radius 2 is 1.89 bits per heavy atom. The molecule has 1 fully saturated rings. The molecule has 0 radical (unpaired) electrons. The Labute approximate surface area is 118 Å². The zero-order chi connectivity index (χ0) is 13.3. The molecule has 0 aliphatic carbocycles. The first kappa shape index (κ1) is 14.5. The molecule has 106 valence electrons. The summed E-state index contributed by atoms with van der Waals surface area (Å²) in [6.07, 6.45) is 6.43. The van der Waals surface area contributed by atoms with Crippen molar-refractivity contribution in [3.8, 4) is 0 Å². The van der Waals surface area contributed by atoms with E-state index in [1.54, 1.807) is 0 Å². The number of nitrogens with zero attached hydrogens (tertiary/aromatic N) is 1. The lowest BCUT2D eigenvalue weighted by Crippen LogP contribution is -2.43. The number of rotatable bonds is 7. The number of nitrogens with one attached hydrogen (secondary N) is 1. The Hall–Kier alpha value is -0.860. The van der Waals surface area contributed by atoms with E-state index in [0.717, 1.165) is 6.04 Å². The molecule has 2 nitrogen and oxygen atoms in total. The standard InChI is InChI=1S/C17H28N2/c1-2-3-12-18-17-10-14-19(15-11-17)13-9-16-7-5-4-6-8-16/h4-8,17-18H,2-3,9-15H2,1H3. The molecule has 1 heterocycles. The van der Waals surface area contributed by atoms with Crippen molar-refractivity contribution in [2.24, 2.45) is 0 Å². The summed E-state index contributed by atoms with van der Waals surface area (Å²) in [6, 6.07) is 11.6. The second-order valence-electron chi connectivity index (χ2n) is 5.66. The second-order valence-corrected chi connectivity index (χ2v) is 5.66. The summed E-state index contributed by atoms with van der Waals surface area (Å²) in [5.41, 5.74) is 1.46. The SMILES string of the molecule is CCCCNC1CCN(CCc2ccccc2)CC1. The average Bonchev–Trinajstić information content (AvgIpc) is 2.48. The van der Waals surface area contributed by atoms with Crippen LogP contribution in [0.25, 0.3) is 0 Å². The molecule has 1 saturated heterocycles. The Balaban J connectivity index is 1.61. The minimum atomic E-state index is 0.763. The molecule has 19 heavy (non-hydrogen) atoms. The van der Waals surface area contributed by atoms with Crippen LogP contribution in [0.3, 0.4) is 0 Å². The van der Waals surface area contributed by atoms with Crippen LogP contribution in [0.2, 0.25) is 0 Å².